The Kier molecular flexibility index (Phi) is 3.54. The van der Waals surface area contributed by atoms with E-state index >= 15 is 0 Å². The normalized spacial score (nSPS) is 10.4. The first-order valence-corrected chi connectivity index (χ1v) is 5.46. The molecule has 2 aromatic rings. The van der Waals surface area contributed by atoms with Crippen LogP contribution >= 0.6 is 11.6 Å². The summed E-state index contributed by atoms with van der Waals surface area (Å²) in [5, 5.41) is 9.08. The largest absolute Gasteiger partial charge is 0.243 e. The summed E-state index contributed by atoms with van der Waals surface area (Å²) in [4.78, 5) is 3.96. The van der Waals surface area contributed by atoms with E-state index in [2.05, 4.69) is 4.98 Å². The van der Waals surface area contributed by atoms with E-state index in [4.69, 9.17) is 16.9 Å². The number of hydrogen-bond donors (Lipinski definition) is 0. The Morgan fingerprint density at radius 3 is 2.47 bits per heavy atom. The number of hydrogen-bond acceptors (Lipinski definition) is 2. The fourth-order valence-electron chi connectivity index (χ4n) is 1.38. The van der Waals surface area contributed by atoms with E-state index in [1.807, 2.05) is 48.6 Å². The lowest BCUT2D eigenvalue weighted by atomic mass is 10.1. The summed E-state index contributed by atoms with van der Waals surface area (Å²) in [7, 11) is 0. The minimum atomic E-state index is 0.253. The smallest absolute Gasteiger partial charge is 0.159 e. The first-order chi connectivity index (χ1) is 8.29. The second-order valence-corrected chi connectivity index (χ2v) is 3.86. The molecule has 0 radical (unpaired) electrons. The SMILES string of the molecule is N#Cc1ncc(C=Cc2ccccc2)cc1Cl. The predicted octanol–water partition coefficient (Wildman–Crippen LogP) is 3.78. The number of nitrogens with zero attached hydrogens (tertiary/aromatic N) is 2. The predicted molar refractivity (Wildman–Crippen MR) is 69.3 cm³/mol. The Labute approximate surface area is 105 Å². The van der Waals surface area contributed by atoms with Crippen LogP contribution in [0.15, 0.2) is 42.6 Å². The number of benzene rings is 1. The highest BCUT2D eigenvalue weighted by atomic mass is 35.5. The Hall–Kier alpha value is -2.11. The lowest BCUT2D eigenvalue weighted by Crippen LogP contribution is -1.84. The van der Waals surface area contributed by atoms with Crippen LogP contribution in [-0.2, 0) is 0 Å². The highest BCUT2D eigenvalue weighted by Crippen LogP contribution is 2.16. The van der Waals surface area contributed by atoms with Gasteiger partial charge in [0.1, 0.15) is 6.07 Å². The summed E-state index contributed by atoms with van der Waals surface area (Å²) in [6.45, 7) is 0. The molecule has 0 aliphatic heterocycles. The maximum Gasteiger partial charge on any atom is 0.159 e. The van der Waals surface area contributed by atoms with Gasteiger partial charge in [-0.15, -0.1) is 0 Å². The molecule has 0 spiro atoms. The Balaban J connectivity index is 2.23. The fraction of sp³-hybridized carbons (Fsp3) is 0. The molecular weight excluding hydrogens is 232 g/mol. The number of aromatic nitrogens is 1. The molecule has 0 atom stereocenters. The first-order valence-electron chi connectivity index (χ1n) is 5.08. The summed E-state index contributed by atoms with van der Waals surface area (Å²) in [6.07, 6.45) is 5.51. The molecule has 1 aromatic carbocycles. The number of rotatable bonds is 2. The third kappa shape index (κ3) is 2.93. The highest BCUT2D eigenvalue weighted by molar-refractivity contribution is 6.31. The third-order valence-corrected chi connectivity index (χ3v) is 2.52. The van der Waals surface area contributed by atoms with E-state index in [1.54, 1.807) is 12.3 Å². The van der Waals surface area contributed by atoms with Gasteiger partial charge in [-0.2, -0.15) is 5.26 Å². The van der Waals surface area contributed by atoms with E-state index < -0.39 is 0 Å². The van der Waals surface area contributed by atoms with Crippen LogP contribution < -0.4 is 0 Å². The summed E-state index contributed by atoms with van der Waals surface area (Å²) < 4.78 is 0. The van der Waals surface area contributed by atoms with Crippen molar-refractivity contribution in [3.05, 3.63) is 64.4 Å². The van der Waals surface area contributed by atoms with Crippen molar-refractivity contribution in [3.63, 3.8) is 0 Å². The molecule has 3 heteroatoms. The molecule has 0 aliphatic carbocycles. The van der Waals surface area contributed by atoms with Crippen LogP contribution in [0.2, 0.25) is 5.02 Å². The molecule has 0 bridgehead atoms. The van der Waals surface area contributed by atoms with Gasteiger partial charge in [0.15, 0.2) is 5.69 Å². The standard InChI is InChI=1S/C14H9ClN2/c15-13-8-12(10-17-14(13)9-16)7-6-11-4-2-1-3-5-11/h1-8,10H. The van der Waals surface area contributed by atoms with Gasteiger partial charge >= 0.3 is 0 Å². The van der Waals surface area contributed by atoms with Crippen molar-refractivity contribution in [2.24, 2.45) is 0 Å². The lowest BCUT2D eigenvalue weighted by molar-refractivity contribution is 1.26. The average Bonchev–Trinajstić information content (AvgIpc) is 2.38. The van der Waals surface area contributed by atoms with Gasteiger partial charge in [0, 0.05) is 6.20 Å². The van der Waals surface area contributed by atoms with Crippen molar-refractivity contribution in [2.45, 2.75) is 0 Å². The average molecular weight is 241 g/mol. The zero-order valence-corrected chi connectivity index (χ0v) is 9.72. The van der Waals surface area contributed by atoms with Crippen LogP contribution in [0, 0.1) is 11.3 Å². The van der Waals surface area contributed by atoms with Crippen molar-refractivity contribution in [1.29, 1.82) is 5.26 Å². The van der Waals surface area contributed by atoms with Crippen LogP contribution in [0.5, 0.6) is 0 Å². The zero-order valence-electron chi connectivity index (χ0n) is 8.97. The van der Waals surface area contributed by atoms with Gasteiger partial charge in [0.2, 0.25) is 0 Å². The van der Waals surface area contributed by atoms with Crippen LogP contribution in [-0.4, -0.2) is 4.98 Å². The van der Waals surface area contributed by atoms with Gasteiger partial charge in [0.25, 0.3) is 0 Å². The van der Waals surface area contributed by atoms with Gasteiger partial charge in [-0.05, 0) is 17.2 Å². The molecule has 0 unspecified atom stereocenters. The van der Waals surface area contributed by atoms with E-state index in [0.717, 1.165) is 11.1 Å². The van der Waals surface area contributed by atoms with E-state index in [0.29, 0.717) is 5.02 Å². The van der Waals surface area contributed by atoms with Crippen LogP contribution in [0.1, 0.15) is 16.8 Å². The Morgan fingerprint density at radius 2 is 1.82 bits per heavy atom. The molecule has 0 saturated carbocycles. The molecule has 0 fully saturated rings. The Morgan fingerprint density at radius 1 is 1.12 bits per heavy atom. The topological polar surface area (TPSA) is 36.7 Å². The summed E-state index contributed by atoms with van der Waals surface area (Å²) in [5.74, 6) is 0. The summed E-state index contributed by atoms with van der Waals surface area (Å²) in [5.41, 5.74) is 2.23. The Bertz CT molecular complexity index is 583. The van der Waals surface area contributed by atoms with Gasteiger partial charge in [-0.25, -0.2) is 4.98 Å². The van der Waals surface area contributed by atoms with E-state index in [9.17, 15) is 0 Å². The molecule has 0 saturated heterocycles. The second kappa shape index (κ2) is 5.29. The van der Waals surface area contributed by atoms with Gasteiger partial charge in [-0.1, -0.05) is 54.1 Å². The molecule has 0 aliphatic rings. The zero-order chi connectivity index (χ0) is 12.1. The molecular formula is C14H9ClN2. The molecule has 0 N–H and O–H groups in total. The quantitative estimate of drug-likeness (QED) is 0.801. The fourth-order valence-corrected chi connectivity index (χ4v) is 1.60. The maximum atomic E-state index is 8.70. The van der Waals surface area contributed by atoms with E-state index in [-0.39, 0.29) is 5.69 Å². The third-order valence-electron chi connectivity index (χ3n) is 2.24. The van der Waals surface area contributed by atoms with E-state index in [1.165, 1.54) is 0 Å². The summed E-state index contributed by atoms with van der Waals surface area (Å²) >= 11 is 5.89. The maximum absolute atomic E-state index is 8.70. The van der Waals surface area contributed by atoms with Crippen molar-refractivity contribution >= 4 is 23.8 Å². The van der Waals surface area contributed by atoms with Gasteiger partial charge < -0.3 is 0 Å². The molecule has 82 valence electrons. The summed E-state index contributed by atoms with van der Waals surface area (Å²) in [6, 6.07) is 13.6. The van der Waals surface area contributed by atoms with Crippen LogP contribution in [0.25, 0.3) is 12.2 Å². The van der Waals surface area contributed by atoms with Crippen molar-refractivity contribution in [3.8, 4) is 6.07 Å². The molecule has 0 amide bonds. The first kappa shape index (κ1) is 11.4. The second-order valence-electron chi connectivity index (χ2n) is 3.45. The molecule has 2 nitrogen and oxygen atoms in total. The molecule has 17 heavy (non-hydrogen) atoms. The molecule has 1 aromatic heterocycles. The number of pyridine rings is 1. The number of nitriles is 1. The van der Waals surface area contributed by atoms with Crippen molar-refractivity contribution in [2.75, 3.05) is 0 Å². The lowest BCUT2D eigenvalue weighted by Gasteiger charge is -1.96. The monoisotopic (exact) mass is 240 g/mol. The van der Waals surface area contributed by atoms with Gasteiger partial charge in [-0.3, -0.25) is 0 Å². The van der Waals surface area contributed by atoms with Crippen LogP contribution in [0.4, 0.5) is 0 Å². The molecule has 1 heterocycles. The minimum absolute atomic E-state index is 0.253. The number of halogens is 1. The van der Waals surface area contributed by atoms with Gasteiger partial charge in [0.05, 0.1) is 5.02 Å². The van der Waals surface area contributed by atoms with Crippen molar-refractivity contribution < 1.29 is 0 Å². The highest BCUT2D eigenvalue weighted by Gasteiger charge is 2.00. The molecule has 2 rings (SSSR count). The minimum Gasteiger partial charge on any atom is -0.243 e. The van der Waals surface area contributed by atoms with Crippen LogP contribution in [0.3, 0.4) is 0 Å². The van der Waals surface area contributed by atoms with Crippen molar-refractivity contribution in [1.82, 2.24) is 4.98 Å².